The Morgan fingerprint density at radius 2 is 2.00 bits per heavy atom. The summed E-state index contributed by atoms with van der Waals surface area (Å²) in [5.74, 6) is 1.36. The van der Waals surface area contributed by atoms with Crippen molar-refractivity contribution in [1.82, 2.24) is 24.7 Å². The average Bonchev–Trinajstić information content (AvgIpc) is 3.19. The molecule has 0 saturated carbocycles. The fourth-order valence-electron chi connectivity index (χ4n) is 3.20. The van der Waals surface area contributed by atoms with E-state index in [1.165, 1.54) is 0 Å². The molecule has 0 radical (unpaired) electrons. The number of fused-ring (bicyclic) bond motifs is 2. The van der Waals surface area contributed by atoms with Gasteiger partial charge in [0.15, 0.2) is 0 Å². The first-order chi connectivity index (χ1) is 13.8. The monoisotopic (exact) mass is 400 g/mol. The van der Waals surface area contributed by atoms with Gasteiger partial charge in [-0.1, -0.05) is 0 Å². The molecular formula is C18H17ClN6O3. The van der Waals surface area contributed by atoms with Crippen molar-refractivity contribution in [2.24, 2.45) is 0 Å². The molecule has 0 amide bonds. The Kier molecular flexibility index (Phi) is 5.20. The van der Waals surface area contributed by atoms with Crippen LogP contribution in [0.1, 0.15) is 0 Å². The highest BCUT2D eigenvalue weighted by Crippen LogP contribution is 2.22. The minimum atomic E-state index is -0.453. The van der Waals surface area contributed by atoms with Crippen LogP contribution in [0.3, 0.4) is 0 Å². The average molecular weight is 401 g/mol. The number of aromatic nitrogens is 4. The maximum absolute atomic E-state index is 12.5. The van der Waals surface area contributed by atoms with Crippen molar-refractivity contribution in [3.63, 3.8) is 0 Å². The van der Waals surface area contributed by atoms with Crippen LogP contribution in [0.5, 0.6) is 0 Å². The zero-order valence-corrected chi connectivity index (χ0v) is 15.5. The number of pyridine rings is 1. The number of piperazine rings is 1. The van der Waals surface area contributed by atoms with Gasteiger partial charge in [-0.3, -0.25) is 9.06 Å². The lowest BCUT2D eigenvalue weighted by Crippen LogP contribution is -2.43. The number of imidazole rings is 1. The summed E-state index contributed by atoms with van der Waals surface area (Å²) in [5.41, 5.74) is 0.827. The van der Waals surface area contributed by atoms with E-state index in [0.29, 0.717) is 22.7 Å². The minimum absolute atomic E-state index is 0.344. The van der Waals surface area contributed by atoms with Crippen molar-refractivity contribution in [2.45, 2.75) is 0 Å². The van der Waals surface area contributed by atoms with E-state index < -0.39 is 5.63 Å². The summed E-state index contributed by atoms with van der Waals surface area (Å²) in [6.45, 7) is 3.61. The van der Waals surface area contributed by atoms with Gasteiger partial charge in [-0.2, -0.15) is 4.98 Å². The van der Waals surface area contributed by atoms with E-state index in [9.17, 15) is 4.79 Å². The zero-order valence-electron chi connectivity index (χ0n) is 14.7. The van der Waals surface area contributed by atoms with E-state index in [4.69, 9.17) is 9.08 Å². The van der Waals surface area contributed by atoms with E-state index >= 15 is 0 Å². The Labute approximate surface area is 164 Å². The third-order valence-electron chi connectivity index (χ3n) is 4.54. The molecular weight excluding hydrogens is 384 g/mol. The molecule has 0 aromatic carbocycles. The molecule has 4 aromatic heterocycles. The van der Waals surface area contributed by atoms with Crippen LogP contribution in [0.15, 0.2) is 52.1 Å². The largest absolute Gasteiger partial charge is 0.403 e. The molecule has 1 fully saturated rings. The summed E-state index contributed by atoms with van der Waals surface area (Å²) in [6.07, 6.45) is 5.27. The molecule has 0 unspecified atom stereocenters. The second-order valence-corrected chi connectivity index (χ2v) is 6.20. The van der Waals surface area contributed by atoms with Crippen molar-refractivity contribution >= 4 is 34.6 Å². The molecule has 0 bridgehead atoms. The molecule has 0 atom stereocenters. The molecule has 2 N–H and O–H groups in total. The van der Waals surface area contributed by atoms with Crippen molar-refractivity contribution in [3.8, 4) is 11.3 Å². The maximum Gasteiger partial charge on any atom is 0.347 e. The summed E-state index contributed by atoms with van der Waals surface area (Å²) in [4.78, 5) is 27.8. The Hall–Kier alpha value is -3.01. The lowest BCUT2D eigenvalue weighted by atomic mass is 10.2. The topological polar surface area (TPSA) is 109 Å². The standard InChI is InChI=1S/C18H16N6O2.ClHO/c25-17-13(14-11-24-7-1-4-20-18(24)21-14)10-12-2-3-15(22-16(12)26-17)23-8-5-19-6-9-23;1-2/h1-4,7,10-11,19H,5-6,8-9H2;2H. The molecule has 144 valence electrons. The van der Waals surface area contributed by atoms with E-state index in [1.54, 1.807) is 22.9 Å². The van der Waals surface area contributed by atoms with Gasteiger partial charge in [0.05, 0.1) is 23.1 Å². The number of anilines is 1. The van der Waals surface area contributed by atoms with E-state index in [2.05, 4.69) is 37.0 Å². The summed E-state index contributed by atoms with van der Waals surface area (Å²) in [7, 11) is 0. The molecule has 0 spiro atoms. The number of nitrogens with zero attached hydrogens (tertiary/aromatic N) is 5. The molecule has 1 aliphatic heterocycles. The number of halogens is 1. The Balaban J connectivity index is 0.000000932. The van der Waals surface area contributed by atoms with Gasteiger partial charge in [0.2, 0.25) is 11.5 Å². The lowest BCUT2D eigenvalue weighted by molar-refractivity contribution is 0.547. The first-order valence-corrected chi connectivity index (χ1v) is 8.99. The smallest absolute Gasteiger partial charge is 0.347 e. The number of rotatable bonds is 2. The van der Waals surface area contributed by atoms with Crippen LogP contribution in [-0.4, -0.2) is 50.2 Å². The van der Waals surface area contributed by atoms with Gasteiger partial charge in [-0.25, -0.2) is 14.8 Å². The fraction of sp³-hybridized carbons (Fsp3) is 0.222. The predicted octanol–water partition coefficient (Wildman–Crippen LogP) is 1.44. The normalized spacial score (nSPS) is 14.1. The summed E-state index contributed by atoms with van der Waals surface area (Å²) >= 11 is 3.64. The molecule has 0 aliphatic carbocycles. The highest BCUT2D eigenvalue weighted by atomic mass is 35.5. The second-order valence-electron chi connectivity index (χ2n) is 6.20. The highest BCUT2D eigenvalue weighted by molar-refractivity contribution is 6.04. The van der Waals surface area contributed by atoms with E-state index in [1.807, 2.05) is 24.4 Å². The van der Waals surface area contributed by atoms with Crippen molar-refractivity contribution in [1.29, 1.82) is 0 Å². The fourth-order valence-corrected chi connectivity index (χ4v) is 3.20. The summed E-state index contributed by atoms with van der Waals surface area (Å²) in [6, 6.07) is 7.48. The van der Waals surface area contributed by atoms with Gasteiger partial charge in [-0.05, 0) is 24.3 Å². The van der Waals surface area contributed by atoms with E-state index in [-0.39, 0.29) is 0 Å². The van der Waals surface area contributed by atoms with Gasteiger partial charge >= 0.3 is 5.63 Å². The first-order valence-electron chi connectivity index (χ1n) is 8.65. The third kappa shape index (κ3) is 3.42. The van der Waals surface area contributed by atoms with Crippen molar-refractivity contribution < 1.29 is 9.08 Å². The van der Waals surface area contributed by atoms with Gasteiger partial charge < -0.3 is 14.6 Å². The van der Waals surface area contributed by atoms with E-state index in [0.717, 1.165) is 37.4 Å². The SMILES string of the molecule is O=c1oc2nc(N3CCNCC3)ccc2cc1-c1cn2cccnc2n1.OCl. The Bertz CT molecular complexity index is 1140. The molecule has 28 heavy (non-hydrogen) atoms. The summed E-state index contributed by atoms with van der Waals surface area (Å²) < 4.78 is 13.7. The van der Waals surface area contributed by atoms with Gasteiger partial charge in [0.25, 0.3) is 0 Å². The molecule has 4 aromatic rings. The Morgan fingerprint density at radius 3 is 2.79 bits per heavy atom. The van der Waals surface area contributed by atoms with Crippen molar-refractivity contribution in [2.75, 3.05) is 31.1 Å². The van der Waals surface area contributed by atoms with Crippen molar-refractivity contribution in [3.05, 3.63) is 53.3 Å². The van der Waals surface area contributed by atoms with Crippen LogP contribution in [0, 0.1) is 0 Å². The first kappa shape index (κ1) is 18.4. The molecule has 1 aliphatic rings. The van der Waals surface area contributed by atoms with Gasteiger partial charge in [0, 0.05) is 50.2 Å². The molecule has 10 heteroatoms. The van der Waals surface area contributed by atoms with Crippen LogP contribution in [0.2, 0.25) is 0 Å². The number of hydrogen-bond donors (Lipinski definition) is 2. The van der Waals surface area contributed by atoms with Gasteiger partial charge in [0.1, 0.15) is 5.82 Å². The minimum Gasteiger partial charge on any atom is -0.403 e. The zero-order chi connectivity index (χ0) is 19.5. The molecule has 5 rings (SSSR count). The highest BCUT2D eigenvalue weighted by Gasteiger charge is 2.15. The molecule has 9 nitrogen and oxygen atoms in total. The van der Waals surface area contributed by atoms with Crippen LogP contribution in [-0.2, 0) is 0 Å². The van der Waals surface area contributed by atoms with Crippen LogP contribution in [0.25, 0.3) is 28.1 Å². The predicted molar refractivity (Wildman–Crippen MR) is 105 cm³/mol. The van der Waals surface area contributed by atoms with Gasteiger partial charge in [-0.15, -0.1) is 0 Å². The molecule has 1 saturated heterocycles. The quantitative estimate of drug-likeness (QED) is 0.520. The van der Waals surface area contributed by atoms with Crippen LogP contribution < -0.4 is 15.8 Å². The lowest BCUT2D eigenvalue weighted by Gasteiger charge is -2.28. The number of nitrogens with one attached hydrogen (secondary N) is 1. The number of hydrogen-bond acceptors (Lipinski definition) is 8. The maximum atomic E-state index is 12.5. The van der Waals surface area contributed by atoms with Crippen LogP contribution in [0.4, 0.5) is 5.82 Å². The van der Waals surface area contributed by atoms with Crippen LogP contribution >= 0.6 is 11.9 Å². The third-order valence-corrected chi connectivity index (χ3v) is 4.54. The Morgan fingerprint density at radius 1 is 1.18 bits per heavy atom. The summed E-state index contributed by atoms with van der Waals surface area (Å²) in [5, 5.41) is 4.08. The second kappa shape index (κ2) is 7.93. The molecule has 5 heterocycles.